The highest BCUT2D eigenvalue weighted by atomic mass is 16.5. The maximum Gasteiger partial charge on any atom is 0.355 e. The number of aromatic amines is 1. The highest BCUT2D eigenvalue weighted by Crippen LogP contribution is 2.21. The van der Waals surface area contributed by atoms with Gasteiger partial charge in [0.25, 0.3) is 0 Å². The number of H-pyrrole nitrogens is 1. The number of esters is 1. The molecule has 0 bridgehead atoms. The van der Waals surface area contributed by atoms with Crippen LogP contribution in [0.4, 0.5) is 5.69 Å². The first kappa shape index (κ1) is 17.5. The third-order valence-corrected chi connectivity index (χ3v) is 4.66. The van der Waals surface area contributed by atoms with E-state index < -0.39 is 5.97 Å². The highest BCUT2D eigenvalue weighted by Gasteiger charge is 2.22. The molecule has 1 aromatic heterocycles. The summed E-state index contributed by atoms with van der Waals surface area (Å²) in [5.41, 5.74) is 2.30. The number of hydrogen-bond donors (Lipinski definition) is 1. The summed E-state index contributed by atoms with van der Waals surface area (Å²) in [6.45, 7) is 4.43. The van der Waals surface area contributed by atoms with E-state index in [0.29, 0.717) is 23.0 Å². The number of aromatic nitrogens is 1. The molecule has 3 rings (SSSR count). The van der Waals surface area contributed by atoms with E-state index in [0.717, 1.165) is 31.6 Å². The molecule has 1 saturated heterocycles. The number of nitrogens with one attached hydrogen (secondary N) is 1. The highest BCUT2D eigenvalue weighted by molar-refractivity contribution is 5.93. The number of carbonyl (C=O) groups is 1. The van der Waals surface area contributed by atoms with Crippen molar-refractivity contribution < 1.29 is 9.53 Å². The Kier molecular flexibility index (Phi) is 5.08. The minimum Gasteiger partial charge on any atom is -0.461 e. The summed E-state index contributed by atoms with van der Waals surface area (Å²) in [7, 11) is 3.88. The molecule has 2 heterocycles. The van der Waals surface area contributed by atoms with E-state index in [9.17, 15) is 9.59 Å². The largest absolute Gasteiger partial charge is 0.461 e. The molecule has 0 aliphatic carbocycles. The van der Waals surface area contributed by atoms with Crippen LogP contribution in [0.5, 0.6) is 0 Å². The smallest absolute Gasteiger partial charge is 0.355 e. The molecular formula is C19H25N3O3. The molecule has 0 amide bonds. The lowest BCUT2D eigenvalue weighted by Crippen LogP contribution is -2.27. The van der Waals surface area contributed by atoms with Crippen LogP contribution in [-0.4, -0.2) is 49.6 Å². The molecule has 1 aliphatic heterocycles. The van der Waals surface area contributed by atoms with Gasteiger partial charge in [-0.25, -0.2) is 4.79 Å². The van der Waals surface area contributed by atoms with Crippen LogP contribution in [0.2, 0.25) is 0 Å². The van der Waals surface area contributed by atoms with Crippen LogP contribution in [0, 0.1) is 0 Å². The van der Waals surface area contributed by atoms with Crippen molar-refractivity contribution in [3.63, 3.8) is 0 Å². The lowest BCUT2D eigenvalue weighted by molar-refractivity contribution is 0.0517. The zero-order valence-corrected chi connectivity index (χ0v) is 15.1. The third kappa shape index (κ3) is 3.54. The first-order chi connectivity index (χ1) is 12.0. The molecule has 1 N–H and O–H groups in total. The fourth-order valence-electron chi connectivity index (χ4n) is 3.29. The van der Waals surface area contributed by atoms with E-state index in [2.05, 4.69) is 9.88 Å². The van der Waals surface area contributed by atoms with Gasteiger partial charge in [-0.05, 0) is 51.1 Å². The van der Waals surface area contributed by atoms with E-state index in [1.165, 1.54) is 0 Å². The molecule has 0 saturated carbocycles. The Balaban J connectivity index is 2.15. The van der Waals surface area contributed by atoms with Gasteiger partial charge >= 0.3 is 5.97 Å². The second-order valence-electron chi connectivity index (χ2n) is 6.64. The average Bonchev–Trinajstić information content (AvgIpc) is 3.10. The average molecular weight is 343 g/mol. The number of rotatable bonds is 5. The normalized spacial score (nSPS) is 14.8. The second kappa shape index (κ2) is 7.27. The van der Waals surface area contributed by atoms with Gasteiger partial charge in [0.05, 0.1) is 12.1 Å². The number of nitrogens with zero attached hydrogens (tertiary/aromatic N) is 2. The van der Waals surface area contributed by atoms with Crippen molar-refractivity contribution in [2.75, 3.05) is 38.7 Å². The zero-order valence-electron chi connectivity index (χ0n) is 15.1. The number of anilines is 1. The Bertz CT molecular complexity index is 836. The van der Waals surface area contributed by atoms with Gasteiger partial charge in [0, 0.05) is 37.3 Å². The monoisotopic (exact) mass is 343 g/mol. The quantitative estimate of drug-likeness (QED) is 0.845. The Hall–Kier alpha value is -2.34. The van der Waals surface area contributed by atoms with Crippen molar-refractivity contribution in [3.05, 3.63) is 39.7 Å². The van der Waals surface area contributed by atoms with Crippen LogP contribution in [0.3, 0.4) is 0 Å². The minimum absolute atomic E-state index is 0.0904. The van der Waals surface area contributed by atoms with Gasteiger partial charge in [0.1, 0.15) is 5.69 Å². The first-order valence-electron chi connectivity index (χ1n) is 8.77. The molecule has 0 unspecified atom stereocenters. The van der Waals surface area contributed by atoms with Crippen LogP contribution < -0.4 is 10.3 Å². The number of carbonyl (C=O) groups excluding carboxylic acids is 1. The Labute approximate surface area is 147 Å². The minimum atomic E-state index is -0.465. The summed E-state index contributed by atoms with van der Waals surface area (Å²) in [5.74, 6) is -0.465. The Morgan fingerprint density at radius 1 is 1.28 bits per heavy atom. The molecule has 1 aliphatic rings. The SMILES string of the molecule is CCOC(=O)c1[nH]c2ccc(N(C)C)cc2c(=O)c1CN1CCCC1. The number of ether oxygens (including phenoxy) is 1. The topological polar surface area (TPSA) is 65.6 Å². The number of fused-ring (bicyclic) bond motifs is 1. The lowest BCUT2D eigenvalue weighted by atomic mass is 10.1. The van der Waals surface area contributed by atoms with Gasteiger partial charge in [-0.15, -0.1) is 0 Å². The predicted octanol–water partition coefficient (Wildman–Crippen LogP) is 2.37. The molecule has 6 nitrogen and oxygen atoms in total. The number of pyridine rings is 1. The number of benzene rings is 1. The molecule has 25 heavy (non-hydrogen) atoms. The van der Waals surface area contributed by atoms with Crippen LogP contribution in [0.15, 0.2) is 23.0 Å². The fraction of sp³-hybridized carbons (Fsp3) is 0.474. The predicted molar refractivity (Wildman–Crippen MR) is 99.4 cm³/mol. The third-order valence-electron chi connectivity index (χ3n) is 4.66. The summed E-state index contributed by atoms with van der Waals surface area (Å²) in [5, 5.41) is 0.605. The molecule has 134 valence electrons. The summed E-state index contributed by atoms with van der Waals surface area (Å²) in [6.07, 6.45) is 2.26. The van der Waals surface area contributed by atoms with Gasteiger partial charge in [-0.2, -0.15) is 0 Å². The van der Waals surface area contributed by atoms with Crippen molar-refractivity contribution in [3.8, 4) is 0 Å². The van der Waals surface area contributed by atoms with Crippen LogP contribution in [-0.2, 0) is 11.3 Å². The number of hydrogen-bond acceptors (Lipinski definition) is 5. The van der Waals surface area contributed by atoms with Crippen molar-refractivity contribution in [1.82, 2.24) is 9.88 Å². The zero-order chi connectivity index (χ0) is 18.0. The molecule has 0 radical (unpaired) electrons. The summed E-state index contributed by atoms with van der Waals surface area (Å²) >= 11 is 0. The molecule has 2 aromatic rings. The maximum absolute atomic E-state index is 13.1. The van der Waals surface area contributed by atoms with Crippen molar-refractivity contribution in [1.29, 1.82) is 0 Å². The lowest BCUT2D eigenvalue weighted by Gasteiger charge is -2.18. The standard InChI is InChI=1S/C19H25N3O3/c1-4-25-19(24)17-15(12-22-9-5-6-10-22)18(23)14-11-13(21(2)3)7-8-16(14)20-17/h7-8,11H,4-6,9-10,12H2,1-3H3,(H,20,23). The molecular weight excluding hydrogens is 318 g/mol. The summed E-state index contributed by atoms with van der Waals surface area (Å²) in [6, 6.07) is 5.64. The van der Waals surface area contributed by atoms with Crippen molar-refractivity contribution in [2.45, 2.75) is 26.3 Å². The Morgan fingerprint density at radius 2 is 2.00 bits per heavy atom. The molecule has 1 aromatic carbocycles. The first-order valence-corrected chi connectivity index (χ1v) is 8.77. The van der Waals surface area contributed by atoms with Crippen LogP contribution >= 0.6 is 0 Å². The van der Waals surface area contributed by atoms with Crippen molar-refractivity contribution in [2.24, 2.45) is 0 Å². The maximum atomic E-state index is 13.1. The van der Waals surface area contributed by atoms with Gasteiger partial charge in [-0.1, -0.05) is 0 Å². The van der Waals surface area contributed by atoms with Crippen LogP contribution in [0.1, 0.15) is 35.8 Å². The summed E-state index contributed by atoms with van der Waals surface area (Å²) < 4.78 is 5.16. The van der Waals surface area contributed by atoms with Gasteiger partial charge in [0.2, 0.25) is 0 Å². The Morgan fingerprint density at radius 3 is 2.64 bits per heavy atom. The summed E-state index contributed by atoms with van der Waals surface area (Å²) in [4.78, 5) is 32.9. The number of likely N-dealkylation sites (tertiary alicyclic amines) is 1. The van der Waals surface area contributed by atoms with E-state index in [-0.39, 0.29) is 17.7 Å². The van der Waals surface area contributed by atoms with E-state index in [1.54, 1.807) is 6.92 Å². The molecule has 1 fully saturated rings. The molecule has 0 atom stereocenters. The molecule has 6 heteroatoms. The second-order valence-corrected chi connectivity index (χ2v) is 6.64. The van der Waals surface area contributed by atoms with E-state index in [4.69, 9.17) is 4.74 Å². The van der Waals surface area contributed by atoms with Gasteiger partial charge < -0.3 is 14.6 Å². The van der Waals surface area contributed by atoms with Gasteiger partial charge in [-0.3, -0.25) is 9.69 Å². The van der Waals surface area contributed by atoms with Gasteiger partial charge in [0.15, 0.2) is 5.43 Å². The van der Waals surface area contributed by atoms with E-state index in [1.807, 2.05) is 37.2 Å². The van der Waals surface area contributed by atoms with E-state index >= 15 is 0 Å². The molecule has 0 spiro atoms. The van der Waals surface area contributed by atoms with Crippen LogP contribution in [0.25, 0.3) is 10.9 Å². The van der Waals surface area contributed by atoms with Crippen molar-refractivity contribution >= 4 is 22.6 Å². The fourth-order valence-corrected chi connectivity index (χ4v) is 3.29.